The zero-order valence-electron chi connectivity index (χ0n) is 14.9. The first-order chi connectivity index (χ1) is 13.2. The number of carboxylic acids is 1. The second-order valence-electron chi connectivity index (χ2n) is 6.60. The quantitative estimate of drug-likeness (QED) is 0.637. The number of H-pyrrole nitrogens is 1. The molecule has 28 heavy (non-hydrogen) atoms. The highest BCUT2D eigenvalue weighted by Gasteiger charge is 2.35. The van der Waals surface area contributed by atoms with Crippen LogP contribution in [0.5, 0.6) is 0 Å². The van der Waals surface area contributed by atoms with Gasteiger partial charge in [-0.25, -0.2) is 14.4 Å². The molecule has 0 unspecified atom stereocenters. The zero-order valence-corrected chi connectivity index (χ0v) is 16.5. The van der Waals surface area contributed by atoms with Gasteiger partial charge in [0.15, 0.2) is 11.0 Å². The highest BCUT2D eigenvalue weighted by Crippen LogP contribution is 2.37. The first kappa shape index (κ1) is 20.6. The van der Waals surface area contributed by atoms with Crippen molar-refractivity contribution in [3.63, 3.8) is 0 Å². The number of aliphatic carboxylic acids is 1. The summed E-state index contributed by atoms with van der Waals surface area (Å²) in [6, 6.07) is 2.76. The predicted molar refractivity (Wildman–Crippen MR) is 99.4 cm³/mol. The maximum Gasteiger partial charge on any atom is 0.318 e. The van der Waals surface area contributed by atoms with Crippen molar-refractivity contribution >= 4 is 27.8 Å². The van der Waals surface area contributed by atoms with E-state index in [1.54, 1.807) is 0 Å². The second-order valence-corrected chi connectivity index (χ2v) is 8.72. The van der Waals surface area contributed by atoms with Gasteiger partial charge in [0, 0.05) is 19.0 Å². The van der Waals surface area contributed by atoms with E-state index < -0.39 is 28.5 Å². The third-order valence-corrected chi connectivity index (χ3v) is 6.45. The average molecular weight is 432 g/mol. The summed E-state index contributed by atoms with van der Waals surface area (Å²) in [6.07, 6.45) is 1.56. The van der Waals surface area contributed by atoms with Crippen molar-refractivity contribution < 1.29 is 22.7 Å². The normalized spacial score (nSPS) is 21.0. The van der Waals surface area contributed by atoms with E-state index in [1.807, 2.05) is 6.92 Å². The van der Waals surface area contributed by atoms with Crippen molar-refractivity contribution in [1.29, 1.82) is 0 Å². The lowest BCUT2D eigenvalue weighted by Gasteiger charge is -2.35. The third kappa shape index (κ3) is 4.49. The number of rotatable bonds is 6. The molecule has 0 bridgehead atoms. The summed E-state index contributed by atoms with van der Waals surface area (Å²) < 4.78 is 40.8. The van der Waals surface area contributed by atoms with Crippen LogP contribution in [0.2, 0.25) is 5.15 Å². The maximum absolute atomic E-state index is 13.1. The summed E-state index contributed by atoms with van der Waals surface area (Å²) in [7, 11) is -3.87. The minimum atomic E-state index is -3.87. The van der Waals surface area contributed by atoms with Gasteiger partial charge in [0.05, 0.1) is 11.9 Å². The van der Waals surface area contributed by atoms with Crippen molar-refractivity contribution in [2.75, 3.05) is 19.6 Å². The third-order valence-electron chi connectivity index (χ3n) is 4.64. The fraction of sp³-hybridized carbons (Fsp3) is 0.438. The molecule has 12 heteroatoms. The molecule has 152 valence electrons. The largest absolute Gasteiger partial charge is 0.480 e. The van der Waals surface area contributed by atoms with E-state index in [4.69, 9.17) is 16.7 Å². The van der Waals surface area contributed by atoms with E-state index >= 15 is 0 Å². The van der Waals surface area contributed by atoms with Crippen molar-refractivity contribution in [2.45, 2.75) is 19.3 Å². The summed E-state index contributed by atoms with van der Waals surface area (Å²) in [6.45, 7) is 1.64. The van der Waals surface area contributed by atoms with Crippen molar-refractivity contribution in [2.24, 2.45) is 5.92 Å². The smallest absolute Gasteiger partial charge is 0.318 e. The Hall–Kier alpha value is -2.08. The van der Waals surface area contributed by atoms with Crippen molar-refractivity contribution in [3.05, 3.63) is 35.0 Å². The van der Waals surface area contributed by atoms with Crippen LogP contribution in [-0.4, -0.2) is 58.4 Å². The Morgan fingerprint density at radius 2 is 2.25 bits per heavy atom. The van der Waals surface area contributed by atoms with Crippen LogP contribution in [0.1, 0.15) is 25.0 Å². The Morgan fingerprint density at radius 1 is 1.50 bits per heavy atom. The number of hydrogen-bond acceptors (Lipinski definition) is 5. The van der Waals surface area contributed by atoms with Crippen LogP contribution in [0.3, 0.4) is 0 Å². The molecular formula is C16H19ClFN5O4S. The number of halogens is 2. The lowest BCUT2D eigenvalue weighted by molar-refractivity contribution is -0.135. The average Bonchev–Trinajstić information content (AvgIpc) is 3.02. The van der Waals surface area contributed by atoms with Crippen molar-refractivity contribution in [1.82, 2.24) is 24.0 Å². The lowest BCUT2D eigenvalue weighted by Crippen LogP contribution is -2.48. The van der Waals surface area contributed by atoms with E-state index in [0.29, 0.717) is 23.6 Å². The molecule has 3 heterocycles. The van der Waals surface area contributed by atoms with Gasteiger partial charge in [0.2, 0.25) is 0 Å². The molecular weight excluding hydrogens is 413 g/mol. The van der Waals surface area contributed by atoms with Gasteiger partial charge >= 0.3 is 5.97 Å². The zero-order chi connectivity index (χ0) is 20.5. The molecule has 2 aromatic heterocycles. The number of pyridine rings is 1. The molecule has 1 aliphatic rings. The maximum atomic E-state index is 13.1. The first-order valence-electron chi connectivity index (χ1n) is 8.51. The summed E-state index contributed by atoms with van der Waals surface area (Å²) in [5.41, 5.74) is 1.12. The first-order valence-corrected chi connectivity index (χ1v) is 10.3. The Balaban J connectivity index is 1.74. The van der Waals surface area contributed by atoms with Gasteiger partial charge in [-0.05, 0) is 24.5 Å². The molecule has 0 amide bonds. The molecule has 1 fully saturated rings. The van der Waals surface area contributed by atoms with Crippen LogP contribution in [-0.2, 0) is 15.0 Å². The summed E-state index contributed by atoms with van der Waals surface area (Å²) in [5, 5.41) is 8.93. The Bertz CT molecular complexity index is 966. The minimum absolute atomic E-state index is 0.0693. The lowest BCUT2D eigenvalue weighted by atomic mass is 9.86. The molecule has 0 saturated carbocycles. The number of nitrogens with one attached hydrogen (secondary N) is 2. The van der Waals surface area contributed by atoms with Gasteiger partial charge in [0.25, 0.3) is 10.2 Å². The van der Waals surface area contributed by atoms with Gasteiger partial charge in [0.1, 0.15) is 18.1 Å². The van der Waals surface area contributed by atoms with Crippen LogP contribution in [0.15, 0.2) is 18.3 Å². The number of aromatic amines is 1. The van der Waals surface area contributed by atoms with Crippen LogP contribution in [0.25, 0.3) is 11.5 Å². The number of hydrogen-bond donors (Lipinski definition) is 3. The molecule has 2 atom stereocenters. The Labute approximate surface area is 166 Å². The van der Waals surface area contributed by atoms with E-state index in [0.717, 1.165) is 6.20 Å². The second kappa shape index (κ2) is 8.11. The number of carbonyl (C=O) groups is 1. The number of aromatic nitrogens is 3. The number of nitrogens with zero attached hydrogens (tertiary/aromatic N) is 3. The van der Waals surface area contributed by atoms with Crippen molar-refractivity contribution in [3.8, 4) is 11.5 Å². The Kier molecular flexibility index (Phi) is 5.98. The van der Waals surface area contributed by atoms with Gasteiger partial charge in [-0.1, -0.05) is 18.5 Å². The van der Waals surface area contributed by atoms with E-state index in [9.17, 15) is 17.6 Å². The van der Waals surface area contributed by atoms with Crippen LogP contribution in [0, 0.1) is 11.7 Å². The molecule has 1 saturated heterocycles. The van der Waals surface area contributed by atoms with Gasteiger partial charge in [-0.2, -0.15) is 17.4 Å². The van der Waals surface area contributed by atoms with E-state index in [2.05, 4.69) is 19.7 Å². The molecule has 1 aliphatic heterocycles. The topological polar surface area (TPSA) is 128 Å². The van der Waals surface area contributed by atoms with Crippen LogP contribution >= 0.6 is 11.6 Å². The highest BCUT2D eigenvalue weighted by molar-refractivity contribution is 7.87. The van der Waals surface area contributed by atoms with Crippen LogP contribution in [0.4, 0.5) is 4.39 Å². The van der Waals surface area contributed by atoms with E-state index in [1.165, 1.54) is 16.4 Å². The van der Waals surface area contributed by atoms with E-state index in [-0.39, 0.29) is 30.1 Å². The monoisotopic (exact) mass is 431 g/mol. The molecule has 0 spiro atoms. The summed E-state index contributed by atoms with van der Waals surface area (Å²) in [5.74, 6) is -1.47. The fourth-order valence-corrected chi connectivity index (χ4v) is 4.78. The Morgan fingerprint density at radius 3 is 2.86 bits per heavy atom. The molecule has 3 N–H and O–H groups in total. The van der Waals surface area contributed by atoms with Gasteiger partial charge in [-0.3, -0.25) is 4.79 Å². The molecule has 2 aromatic rings. The fourth-order valence-electron chi connectivity index (χ4n) is 3.25. The van der Waals surface area contributed by atoms with Gasteiger partial charge in [-0.15, -0.1) is 0 Å². The number of imidazole rings is 1. The SMILES string of the molecule is C[C@H]1CN(S(=O)(=O)NCC(=O)O)CC[C@H]1c1[nH]c(-c2ccc(F)cn2)nc1Cl. The standard InChI is InChI=1S/C16H19ClFN5O4S/c1-9-8-23(28(26,27)20-7-13(24)25)5-4-11(9)14-15(17)22-16(21-14)12-3-2-10(18)6-19-12/h2-3,6,9,11,20H,4-5,7-8H2,1H3,(H,21,22)(H,24,25)/t9-,11+/m0/s1. The highest BCUT2D eigenvalue weighted by atomic mass is 35.5. The summed E-state index contributed by atoms with van der Waals surface area (Å²) in [4.78, 5) is 22.0. The molecule has 9 nitrogen and oxygen atoms in total. The van der Waals surface area contributed by atoms with Gasteiger partial charge < -0.3 is 10.1 Å². The molecule has 3 rings (SSSR count). The number of piperidine rings is 1. The predicted octanol–water partition coefficient (Wildman–Crippen LogP) is 1.61. The number of carboxylic acid groups (broad SMARTS) is 1. The summed E-state index contributed by atoms with van der Waals surface area (Å²) >= 11 is 6.28. The molecule has 0 radical (unpaired) electrons. The van der Waals surface area contributed by atoms with Crippen LogP contribution < -0.4 is 4.72 Å². The minimum Gasteiger partial charge on any atom is -0.480 e. The molecule has 0 aliphatic carbocycles. The molecule has 0 aromatic carbocycles.